The molecule has 1 saturated heterocycles. The minimum Gasteiger partial charge on any atom is -0.333 e. The number of carbonyl (C=O) groups excluding carboxylic acids is 1. The van der Waals surface area contributed by atoms with Crippen molar-refractivity contribution >= 4 is 5.91 Å². The number of likely N-dealkylation sites (tertiary alicyclic amines) is 1. The second-order valence-electron chi connectivity index (χ2n) is 4.24. The predicted octanol–water partition coefficient (Wildman–Crippen LogP) is 0.601. The van der Waals surface area contributed by atoms with Gasteiger partial charge in [-0.25, -0.2) is 0 Å². The zero-order chi connectivity index (χ0) is 11.5. The molecule has 0 spiro atoms. The molecule has 1 aliphatic heterocycles. The summed E-state index contributed by atoms with van der Waals surface area (Å²) in [4.78, 5) is 13.8. The summed E-state index contributed by atoms with van der Waals surface area (Å²) in [6.45, 7) is 3.28. The third kappa shape index (κ3) is 1.95. The van der Waals surface area contributed by atoms with Gasteiger partial charge in [0.2, 0.25) is 5.91 Å². The average molecular weight is 222 g/mol. The quantitative estimate of drug-likeness (QED) is 0.787. The molecule has 1 amide bonds. The van der Waals surface area contributed by atoms with Gasteiger partial charge in [0.1, 0.15) is 0 Å². The molecule has 1 aromatic rings. The van der Waals surface area contributed by atoms with E-state index in [0.717, 1.165) is 30.6 Å². The van der Waals surface area contributed by atoms with Gasteiger partial charge in [0.25, 0.3) is 0 Å². The first-order valence-corrected chi connectivity index (χ1v) is 5.68. The van der Waals surface area contributed by atoms with Crippen LogP contribution in [0.1, 0.15) is 30.1 Å². The Morgan fingerprint density at radius 1 is 1.75 bits per heavy atom. The minimum atomic E-state index is 0.166. The van der Waals surface area contributed by atoms with Gasteiger partial charge in [-0.15, -0.1) is 0 Å². The van der Waals surface area contributed by atoms with Crippen molar-refractivity contribution in [2.24, 2.45) is 0 Å². The van der Waals surface area contributed by atoms with E-state index in [1.54, 1.807) is 7.05 Å². The maximum absolute atomic E-state index is 11.9. The van der Waals surface area contributed by atoms with Crippen LogP contribution >= 0.6 is 0 Å². The zero-order valence-corrected chi connectivity index (χ0v) is 9.79. The molecule has 2 heterocycles. The molecule has 0 radical (unpaired) electrons. The van der Waals surface area contributed by atoms with E-state index in [0.29, 0.717) is 6.54 Å². The standard InChI is InChI=1S/C11H18N4O/c1-8-6-13-14-11(8)9-4-3-5-15(9)10(16)7-12-2/h6,9,12H,3-5,7H2,1-2H3,(H,13,14)/t9-/m1/s1. The Labute approximate surface area is 95.2 Å². The van der Waals surface area contributed by atoms with Crippen molar-refractivity contribution < 1.29 is 4.79 Å². The Balaban J connectivity index is 2.15. The largest absolute Gasteiger partial charge is 0.333 e. The molecular weight excluding hydrogens is 204 g/mol. The zero-order valence-electron chi connectivity index (χ0n) is 9.79. The molecule has 5 nitrogen and oxygen atoms in total. The lowest BCUT2D eigenvalue weighted by Crippen LogP contribution is -2.36. The lowest BCUT2D eigenvalue weighted by Gasteiger charge is -2.24. The average Bonchev–Trinajstić information content (AvgIpc) is 2.85. The summed E-state index contributed by atoms with van der Waals surface area (Å²) < 4.78 is 0. The van der Waals surface area contributed by atoms with Crippen LogP contribution < -0.4 is 5.32 Å². The highest BCUT2D eigenvalue weighted by atomic mass is 16.2. The number of carbonyl (C=O) groups is 1. The Bertz CT molecular complexity index is 374. The van der Waals surface area contributed by atoms with Crippen molar-refractivity contribution in [1.82, 2.24) is 20.4 Å². The van der Waals surface area contributed by atoms with Gasteiger partial charge in [0.05, 0.1) is 24.5 Å². The highest BCUT2D eigenvalue weighted by Gasteiger charge is 2.31. The van der Waals surface area contributed by atoms with E-state index in [1.807, 2.05) is 18.0 Å². The van der Waals surface area contributed by atoms with Gasteiger partial charge in [-0.3, -0.25) is 9.89 Å². The number of nitrogens with one attached hydrogen (secondary N) is 2. The Kier molecular flexibility index (Phi) is 3.24. The number of H-pyrrole nitrogens is 1. The summed E-state index contributed by atoms with van der Waals surface area (Å²) in [6, 6.07) is 0.184. The minimum absolute atomic E-state index is 0.166. The monoisotopic (exact) mass is 222 g/mol. The summed E-state index contributed by atoms with van der Waals surface area (Å²) >= 11 is 0. The number of hydrogen-bond donors (Lipinski definition) is 2. The van der Waals surface area contributed by atoms with E-state index in [-0.39, 0.29) is 11.9 Å². The van der Waals surface area contributed by atoms with Crippen LogP contribution in [0.15, 0.2) is 6.20 Å². The van der Waals surface area contributed by atoms with Crippen LogP contribution in [0.4, 0.5) is 0 Å². The highest BCUT2D eigenvalue weighted by molar-refractivity contribution is 5.79. The van der Waals surface area contributed by atoms with Gasteiger partial charge in [0.15, 0.2) is 0 Å². The summed E-state index contributed by atoms with van der Waals surface area (Å²) in [7, 11) is 1.80. The predicted molar refractivity (Wildman–Crippen MR) is 60.9 cm³/mol. The van der Waals surface area contributed by atoms with Crippen molar-refractivity contribution in [2.45, 2.75) is 25.8 Å². The van der Waals surface area contributed by atoms with Crippen molar-refractivity contribution in [3.05, 3.63) is 17.5 Å². The fourth-order valence-electron chi connectivity index (χ4n) is 2.31. The molecule has 0 bridgehead atoms. The third-order valence-corrected chi connectivity index (χ3v) is 3.10. The molecular formula is C11H18N4O. The molecule has 5 heteroatoms. The first kappa shape index (κ1) is 11.1. The number of hydrogen-bond acceptors (Lipinski definition) is 3. The molecule has 0 aliphatic carbocycles. The lowest BCUT2D eigenvalue weighted by molar-refractivity contribution is -0.131. The number of likely N-dealkylation sites (N-methyl/N-ethyl adjacent to an activating group) is 1. The molecule has 1 atom stereocenters. The number of rotatable bonds is 3. The number of aromatic nitrogens is 2. The molecule has 1 aromatic heterocycles. The number of aryl methyl sites for hydroxylation is 1. The van der Waals surface area contributed by atoms with Gasteiger partial charge in [-0.2, -0.15) is 5.10 Å². The Hall–Kier alpha value is -1.36. The number of amides is 1. The smallest absolute Gasteiger partial charge is 0.237 e. The van der Waals surface area contributed by atoms with Crippen LogP contribution in [0.25, 0.3) is 0 Å². The van der Waals surface area contributed by atoms with Crippen LogP contribution in [0, 0.1) is 6.92 Å². The van der Waals surface area contributed by atoms with Gasteiger partial charge < -0.3 is 10.2 Å². The fraction of sp³-hybridized carbons (Fsp3) is 0.636. The molecule has 16 heavy (non-hydrogen) atoms. The molecule has 1 fully saturated rings. The second kappa shape index (κ2) is 4.65. The van der Waals surface area contributed by atoms with E-state index >= 15 is 0 Å². The summed E-state index contributed by atoms with van der Waals surface area (Å²) in [5.74, 6) is 0.166. The van der Waals surface area contributed by atoms with E-state index < -0.39 is 0 Å². The topological polar surface area (TPSA) is 61.0 Å². The number of aromatic amines is 1. The summed E-state index contributed by atoms with van der Waals surface area (Å²) in [5.41, 5.74) is 2.22. The number of nitrogens with zero attached hydrogens (tertiary/aromatic N) is 2. The van der Waals surface area contributed by atoms with Crippen LogP contribution in [-0.4, -0.2) is 41.1 Å². The maximum Gasteiger partial charge on any atom is 0.237 e. The Morgan fingerprint density at radius 3 is 3.19 bits per heavy atom. The third-order valence-electron chi connectivity index (χ3n) is 3.10. The second-order valence-corrected chi connectivity index (χ2v) is 4.24. The van der Waals surface area contributed by atoms with Crippen molar-refractivity contribution in [3.63, 3.8) is 0 Å². The van der Waals surface area contributed by atoms with Gasteiger partial charge in [-0.05, 0) is 32.4 Å². The van der Waals surface area contributed by atoms with Crippen LogP contribution in [-0.2, 0) is 4.79 Å². The van der Waals surface area contributed by atoms with Crippen LogP contribution in [0.2, 0.25) is 0 Å². The van der Waals surface area contributed by atoms with Crippen molar-refractivity contribution in [2.75, 3.05) is 20.1 Å². The van der Waals surface area contributed by atoms with Crippen LogP contribution in [0.3, 0.4) is 0 Å². The van der Waals surface area contributed by atoms with Crippen molar-refractivity contribution in [3.8, 4) is 0 Å². The molecule has 88 valence electrons. The maximum atomic E-state index is 11.9. The van der Waals surface area contributed by atoms with Gasteiger partial charge >= 0.3 is 0 Å². The van der Waals surface area contributed by atoms with Crippen molar-refractivity contribution in [1.29, 1.82) is 0 Å². The van der Waals surface area contributed by atoms with Crippen LogP contribution in [0.5, 0.6) is 0 Å². The molecule has 2 N–H and O–H groups in total. The molecule has 0 aromatic carbocycles. The van der Waals surface area contributed by atoms with E-state index in [2.05, 4.69) is 15.5 Å². The first-order valence-electron chi connectivity index (χ1n) is 5.68. The van der Waals surface area contributed by atoms with E-state index in [1.165, 1.54) is 0 Å². The van der Waals surface area contributed by atoms with Gasteiger partial charge in [-0.1, -0.05) is 0 Å². The molecule has 0 saturated carbocycles. The normalized spacial score (nSPS) is 20.4. The fourth-order valence-corrected chi connectivity index (χ4v) is 2.31. The summed E-state index contributed by atoms with van der Waals surface area (Å²) in [6.07, 6.45) is 3.91. The molecule has 2 rings (SSSR count). The highest BCUT2D eigenvalue weighted by Crippen LogP contribution is 2.31. The SMILES string of the molecule is CNCC(=O)N1CCC[C@@H]1c1[nH]ncc1C. The molecule has 1 aliphatic rings. The summed E-state index contributed by atoms with van der Waals surface area (Å²) in [5, 5.41) is 9.95. The lowest BCUT2D eigenvalue weighted by atomic mass is 10.1. The molecule has 0 unspecified atom stereocenters. The first-order chi connectivity index (χ1) is 7.74. The Morgan fingerprint density at radius 2 is 2.56 bits per heavy atom. The van der Waals surface area contributed by atoms with E-state index in [9.17, 15) is 4.79 Å². The van der Waals surface area contributed by atoms with Gasteiger partial charge in [0, 0.05) is 6.54 Å². The van der Waals surface area contributed by atoms with E-state index in [4.69, 9.17) is 0 Å².